The van der Waals surface area contributed by atoms with Gasteiger partial charge in [0, 0.05) is 24.0 Å². The Balaban J connectivity index is 0.000000216. The number of rotatable bonds is 3. The number of para-hydroxylation sites is 1. The summed E-state index contributed by atoms with van der Waals surface area (Å²) in [6.07, 6.45) is 4.00. The normalized spacial score (nSPS) is 11.6. The van der Waals surface area contributed by atoms with E-state index in [4.69, 9.17) is 11.5 Å². The van der Waals surface area contributed by atoms with Crippen molar-refractivity contribution in [2.24, 2.45) is 17.8 Å². The molecular formula is C30H29N9O2. The highest BCUT2D eigenvalue weighted by atomic mass is 16.1. The summed E-state index contributed by atoms with van der Waals surface area (Å²) in [6.45, 7) is 4.44. The number of nitrogens with zero attached hydrogens (tertiary/aromatic N) is 6. The predicted octanol–water partition coefficient (Wildman–Crippen LogP) is 2.82. The van der Waals surface area contributed by atoms with E-state index in [1.54, 1.807) is 15.4 Å². The standard InChI is InChI=1S/C24H21N3O.C6H8N6O/c1-4-21-15-19-10-8-9-18(13-14-20-16-25-26(3)17(20)2)23(19)24(28)27(21)22-11-6-5-7-12-22;7-4-3(5(8)13)6-10-1-9-2-12(6)11-4/h5-12,15-16H,4H2,1-3H3;2,10H,1H2,(H2,7,11)(H2,8,13). The summed E-state index contributed by atoms with van der Waals surface area (Å²) in [5, 5.41) is 12.5. The van der Waals surface area contributed by atoms with E-state index in [1.165, 1.54) is 11.0 Å². The zero-order valence-corrected chi connectivity index (χ0v) is 22.9. The van der Waals surface area contributed by atoms with Gasteiger partial charge in [-0.1, -0.05) is 49.1 Å². The first-order valence-corrected chi connectivity index (χ1v) is 13.0. The number of nitrogens with two attached hydrogens (primary N) is 2. The van der Waals surface area contributed by atoms with Crippen LogP contribution in [0.3, 0.4) is 0 Å². The van der Waals surface area contributed by atoms with Crippen LogP contribution in [0.2, 0.25) is 0 Å². The van der Waals surface area contributed by atoms with Gasteiger partial charge < -0.3 is 16.8 Å². The van der Waals surface area contributed by atoms with Crippen molar-refractivity contribution >= 4 is 34.7 Å². The summed E-state index contributed by atoms with van der Waals surface area (Å²) in [7, 11) is 1.89. The number of aliphatic imine (C=N–C) groups is 1. The Kier molecular flexibility index (Phi) is 7.39. The molecule has 0 unspecified atom stereocenters. The Morgan fingerprint density at radius 3 is 2.54 bits per heavy atom. The van der Waals surface area contributed by atoms with E-state index in [9.17, 15) is 9.59 Å². The van der Waals surface area contributed by atoms with Crippen LogP contribution in [0, 0.1) is 18.8 Å². The molecule has 1 aliphatic rings. The van der Waals surface area contributed by atoms with E-state index in [0.717, 1.165) is 40.0 Å². The molecule has 0 saturated carbocycles. The van der Waals surface area contributed by atoms with E-state index < -0.39 is 5.91 Å². The summed E-state index contributed by atoms with van der Waals surface area (Å²) in [6, 6.07) is 17.7. The van der Waals surface area contributed by atoms with Gasteiger partial charge in [-0.15, -0.1) is 5.10 Å². The quantitative estimate of drug-likeness (QED) is 0.296. The van der Waals surface area contributed by atoms with Crippen LogP contribution in [-0.2, 0) is 13.5 Å². The maximum Gasteiger partial charge on any atom is 0.264 e. The molecule has 5 aromatic rings. The van der Waals surface area contributed by atoms with Gasteiger partial charge in [0.2, 0.25) is 0 Å². The predicted molar refractivity (Wildman–Crippen MR) is 160 cm³/mol. The van der Waals surface area contributed by atoms with Crippen molar-refractivity contribution in [2.75, 3.05) is 17.7 Å². The van der Waals surface area contributed by atoms with Gasteiger partial charge in [0.05, 0.1) is 22.8 Å². The number of fused-ring (bicyclic) bond motifs is 2. The van der Waals surface area contributed by atoms with Crippen LogP contribution in [0.5, 0.6) is 0 Å². The summed E-state index contributed by atoms with van der Waals surface area (Å²) in [5.41, 5.74) is 15.3. The van der Waals surface area contributed by atoms with Crippen molar-refractivity contribution < 1.29 is 4.79 Å². The van der Waals surface area contributed by atoms with Crippen LogP contribution in [-0.4, -0.2) is 43.0 Å². The molecule has 2 aromatic carbocycles. The SMILES string of the molecule is CCc1cc2cccc(C#Cc3cnn(C)c3C)c2c(=O)n1-c1ccccc1.NC(=O)c1c(N)nn2c1NCN=C2. The maximum absolute atomic E-state index is 13.5. The zero-order valence-electron chi connectivity index (χ0n) is 22.9. The second-order valence-corrected chi connectivity index (χ2v) is 9.30. The van der Waals surface area contributed by atoms with Gasteiger partial charge in [-0.3, -0.25) is 23.8 Å². The van der Waals surface area contributed by atoms with Crippen molar-refractivity contribution in [3.63, 3.8) is 0 Å². The molecular weight excluding hydrogens is 518 g/mol. The number of carbonyl (C=O) groups excluding carboxylic acids is 1. The minimum Gasteiger partial charge on any atom is -0.381 e. The molecule has 0 saturated heterocycles. The molecule has 0 atom stereocenters. The molecule has 0 aliphatic carbocycles. The van der Waals surface area contributed by atoms with Gasteiger partial charge in [0.15, 0.2) is 5.82 Å². The van der Waals surface area contributed by atoms with Gasteiger partial charge >= 0.3 is 0 Å². The molecule has 0 bridgehead atoms. The fourth-order valence-electron chi connectivity index (χ4n) is 4.58. The molecule has 1 amide bonds. The lowest BCUT2D eigenvalue weighted by atomic mass is 10.0. The third-order valence-corrected chi connectivity index (χ3v) is 6.78. The molecule has 0 spiro atoms. The Morgan fingerprint density at radius 2 is 1.85 bits per heavy atom. The van der Waals surface area contributed by atoms with Crippen LogP contribution in [0.15, 0.2) is 70.6 Å². The van der Waals surface area contributed by atoms with E-state index in [0.29, 0.717) is 17.9 Å². The number of hydrogen-bond acceptors (Lipinski definition) is 7. The Bertz CT molecular complexity index is 1920. The minimum absolute atomic E-state index is 0.0339. The maximum atomic E-state index is 13.5. The number of amides is 1. The number of primary amides is 1. The van der Waals surface area contributed by atoms with Crippen molar-refractivity contribution in [1.82, 2.24) is 24.1 Å². The average Bonchev–Trinajstić information content (AvgIpc) is 3.49. The van der Waals surface area contributed by atoms with Gasteiger partial charge in [-0.25, -0.2) is 4.68 Å². The molecule has 1 aliphatic heterocycles. The largest absolute Gasteiger partial charge is 0.381 e. The van der Waals surface area contributed by atoms with E-state index in [-0.39, 0.29) is 16.9 Å². The summed E-state index contributed by atoms with van der Waals surface area (Å²) in [5.74, 6) is 6.39. The molecule has 11 heteroatoms. The lowest BCUT2D eigenvalue weighted by Gasteiger charge is -2.14. The van der Waals surface area contributed by atoms with Gasteiger partial charge in [0.1, 0.15) is 24.4 Å². The fourth-order valence-corrected chi connectivity index (χ4v) is 4.58. The fraction of sp³-hybridized carbons (Fsp3) is 0.167. The highest BCUT2D eigenvalue weighted by Gasteiger charge is 2.20. The molecule has 0 fully saturated rings. The Morgan fingerprint density at radius 1 is 1.10 bits per heavy atom. The smallest absolute Gasteiger partial charge is 0.264 e. The number of nitrogens with one attached hydrogen (secondary N) is 1. The molecule has 5 N–H and O–H groups in total. The highest BCUT2D eigenvalue weighted by Crippen LogP contribution is 2.22. The molecule has 41 heavy (non-hydrogen) atoms. The highest BCUT2D eigenvalue weighted by molar-refractivity contribution is 6.03. The topological polar surface area (TPSA) is 151 Å². The van der Waals surface area contributed by atoms with Crippen LogP contribution in [0.1, 0.15) is 39.8 Å². The second-order valence-electron chi connectivity index (χ2n) is 9.30. The second kappa shape index (κ2) is 11.2. The number of aryl methyl sites for hydroxylation is 2. The number of pyridine rings is 1. The third-order valence-electron chi connectivity index (χ3n) is 6.78. The van der Waals surface area contributed by atoms with E-state index >= 15 is 0 Å². The molecule has 6 rings (SSSR count). The van der Waals surface area contributed by atoms with Gasteiger partial charge in [-0.05, 0) is 43.0 Å². The lowest BCUT2D eigenvalue weighted by Crippen LogP contribution is -2.22. The summed E-state index contributed by atoms with van der Waals surface area (Å²) < 4.78 is 4.98. The van der Waals surface area contributed by atoms with E-state index in [2.05, 4.69) is 45.3 Å². The average molecular weight is 548 g/mol. The number of nitrogen functional groups attached to an aromatic ring is 1. The number of aromatic nitrogens is 5. The molecule has 0 radical (unpaired) electrons. The van der Waals surface area contributed by atoms with Crippen LogP contribution in [0.25, 0.3) is 16.5 Å². The number of benzene rings is 2. The first-order chi connectivity index (χ1) is 19.8. The minimum atomic E-state index is -0.596. The molecule has 11 nitrogen and oxygen atoms in total. The lowest BCUT2D eigenvalue weighted by molar-refractivity contribution is 0.100. The van der Waals surface area contributed by atoms with Gasteiger partial charge in [-0.2, -0.15) is 5.10 Å². The Labute approximate surface area is 236 Å². The number of carbonyl (C=O) groups is 1. The third kappa shape index (κ3) is 5.18. The summed E-state index contributed by atoms with van der Waals surface area (Å²) in [4.78, 5) is 28.3. The van der Waals surface area contributed by atoms with Crippen LogP contribution in [0.4, 0.5) is 11.6 Å². The van der Waals surface area contributed by atoms with Crippen molar-refractivity contribution in [2.45, 2.75) is 20.3 Å². The first kappa shape index (κ1) is 27.0. The van der Waals surface area contributed by atoms with Crippen molar-refractivity contribution in [3.05, 3.63) is 99.2 Å². The van der Waals surface area contributed by atoms with Crippen LogP contribution >= 0.6 is 0 Å². The Hall–Kier alpha value is -5.63. The number of hydrogen-bond donors (Lipinski definition) is 3. The zero-order chi connectivity index (χ0) is 29.1. The van der Waals surface area contributed by atoms with E-state index in [1.807, 2.05) is 62.5 Å². The van der Waals surface area contributed by atoms with Crippen molar-refractivity contribution in [1.29, 1.82) is 0 Å². The first-order valence-electron chi connectivity index (χ1n) is 13.0. The van der Waals surface area contributed by atoms with Crippen molar-refractivity contribution in [3.8, 4) is 17.5 Å². The number of anilines is 2. The molecule has 3 aromatic heterocycles. The summed E-state index contributed by atoms with van der Waals surface area (Å²) >= 11 is 0. The molecule has 4 heterocycles. The molecule has 206 valence electrons. The van der Waals surface area contributed by atoms with Gasteiger partial charge in [0.25, 0.3) is 11.5 Å². The monoisotopic (exact) mass is 547 g/mol. The van der Waals surface area contributed by atoms with Crippen LogP contribution < -0.4 is 22.3 Å².